The number of hydrogen-bond donors (Lipinski definition) is 1. The van der Waals surface area contributed by atoms with Crippen LogP contribution in [0.2, 0.25) is 0 Å². The van der Waals surface area contributed by atoms with Crippen LogP contribution in [0.5, 0.6) is 0 Å². The third kappa shape index (κ3) is 1.55. The van der Waals surface area contributed by atoms with Gasteiger partial charge in [0.15, 0.2) is 0 Å². The van der Waals surface area contributed by atoms with Crippen LogP contribution in [0, 0.1) is 0 Å². The second kappa shape index (κ2) is 3.37. The van der Waals surface area contributed by atoms with Crippen molar-refractivity contribution in [2.24, 2.45) is 12.8 Å². The molecule has 0 aromatic carbocycles. The largest absolute Gasteiger partial charge is 0.337 e. The van der Waals surface area contributed by atoms with Crippen molar-refractivity contribution in [3.63, 3.8) is 0 Å². The highest BCUT2D eigenvalue weighted by molar-refractivity contribution is 5.05. The summed E-state index contributed by atoms with van der Waals surface area (Å²) in [7, 11) is 4.16. The van der Waals surface area contributed by atoms with Crippen molar-refractivity contribution in [2.45, 2.75) is 24.9 Å². The summed E-state index contributed by atoms with van der Waals surface area (Å²) in [5, 5.41) is 0. The van der Waals surface area contributed by atoms with Crippen molar-refractivity contribution in [3.05, 3.63) is 18.2 Å². The number of nitrogens with two attached hydrogens (primary N) is 1. The summed E-state index contributed by atoms with van der Waals surface area (Å²) in [5.74, 6) is 1.10. The van der Waals surface area contributed by atoms with Crippen LogP contribution in [0.1, 0.15) is 18.7 Å². The van der Waals surface area contributed by atoms with Crippen LogP contribution in [0.15, 0.2) is 12.4 Å². The summed E-state index contributed by atoms with van der Waals surface area (Å²) in [6.07, 6.45) is 6.27. The monoisotopic (exact) mass is 194 g/mol. The Balaban J connectivity index is 2.01. The van der Waals surface area contributed by atoms with Crippen molar-refractivity contribution in [1.82, 2.24) is 14.5 Å². The van der Waals surface area contributed by atoms with E-state index in [9.17, 15) is 0 Å². The van der Waals surface area contributed by atoms with E-state index in [2.05, 4.69) is 21.5 Å². The highest BCUT2D eigenvalue weighted by Gasteiger charge is 2.45. The van der Waals surface area contributed by atoms with Crippen molar-refractivity contribution >= 4 is 0 Å². The van der Waals surface area contributed by atoms with Crippen LogP contribution in [0.4, 0.5) is 0 Å². The Morgan fingerprint density at radius 3 is 2.79 bits per heavy atom. The van der Waals surface area contributed by atoms with Gasteiger partial charge >= 0.3 is 0 Å². The number of aromatic nitrogens is 2. The molecule has 2 rings (SSSR count). The van der Waals surface area contributed by atoms with Gasteiger partial charge in [-0.2, -0.15) is 0 Å². The van der Waals surface area contributed by atoms with Crippen molar-refractivity contribution in [3.8, 4) is 0 Å². The summed E-state index contributed by atoms with van der Waals surface area (Å²) in [5.41, 5.74) is 6.04. The van der Waals surface area contributed by atoms with E-state index in [1.165, 1.54) is 12.8 Å². The van der Waals surface area contributed by atoms with Gasteiger partial charge in [0.25, 0.3) is 0 Å². The summed E-state index contributed by atoms with van der Waals surface area (Å²) in [6.45, 7) is 1.65. The Bertz CT molecular complexity index is 314. The zero-order valence-electron chi connectivity index (χ0n) is 8.90. The molecule has 4 nitrogen and oxygen atoms in total. The minimum atomic E-state index is 0.270. The Labute approximate surface area is 84.7 Å². The fourth-order valence-corrected chi connectivity index (χ4v) is 1.81. The molecule has 1 aliphatic rings. The molecule has 14 heavy (non-hydrogen) atoms. The molecular formula is C10H18N4. The fourth-order valence-electron chi connectivity index (χ4n) is 1.81. The van der Waals surface area contributed by atoms with E-state index < -0.39 is 0 Å². The molecule has 1 heterocycles. The molecule has 1 saturated carbocycles. The Kier molecular flexibility index (Phi) is 2.33. The van der Waals surface area contributed by atoms with Crippen LogP contribution in [0.3, 0.4) is 0 Å². The lowest BCUT2D eigenvalue weighted by Crippen LogP contribution is -2.40. The van der Waals surface area contributed by atoms with Gasteiger partial charge in [0.05, 0.1) is 6.54 Å². The molecule has 0 unspecified atom stereocenters. The van der Waals surface area contributed by atoms with Crippen LogP contribution >= 0.6 is 0 Å². The molecule has 1 fully saturated rings. The average Bonchev–Trinajstić information content (AvgIpc) is 2.89. The van der Waals surface area contributed by atoms with E-state index in [-0.39, 0.29) is 5.54 Å². The summed E-state index contributed by atoms with van der Waals surface area (Å²) < 4.78 is 2.06. The number of rotatable bonds is 4. The maximum atomic E-state index is 5.77. The van der Waals surface area contributed by atoms with E-state index in [0.29, 0.717) is 0 Å². The topological polar surface area (TPSA) is 47.1 Å². The third-order valence-electron chi connectivity index (χ3n) is 3.32. The molecule has 0 spiro atoms. The van der Waals surface area contributed by atoms with Crippen LogP contribution < -0.4 is 5.73 Å². The average molecular weight is 194 g/mol. The summed E-state index contributed by atoms with van der Waals surface area (Å²) in [6, 6.07) is 0. The molecule has 0 atom stereocenters. The predicted octanol–water partition coefficient (Wildman–Crippen LogP) is 0.343. The lowest BCUT2D eigenvalue weighted by Gasteiger charge is -2.26. The van der Waals surface area contributed by atoms with E-state index in [4.69, 9.17) is 5.73 Å². The summed E-state index contributed by atoms with van der Waals surface area (Å²) in [4.78, 5) is 6.64. The SMILES string of the molecule is CN(Cc1nccn1C)C1(CN)CC1. The van der Waals surface area contributed by atoms with Gasteiger partial charge in [0.2, 0.25) is 0 Å². The van der Waals surface area contributed by atoms with Crippen molar-refractivity contribution in [1.29, 1.82) is 0 Å². The van der Waals surface area contributed by atoms with Gasteiger partial charge in [0.1, 0.15) is 5.82 Å². The maximum absolute atomic E-state index is 5.77. The lowest BCUT2D eigenvalue weighted by atomic mass is 10.2. The fraction of sp³-hybridized carbons (Fsp3) is 0.700. The van der Waals surface area contributed by atoms with E-state index >= 15 is 0 Å². The quantitative estimate of drug-likeness (QED) is 0.752. The molecule has 1 aliphatic carbocycles. The normalized spacial score (nSPS) is 18.9. The molecule has 78 valence electrons. The molecular weight excluding hydrogens is 176 g/mol. The van der Waals surface area contributed by atoms with Gasteiger partial charge < -0.3 is 10.3 Å². The first-order valence-corrected chi connectivity index (χ1v) is 5.05. The van der Waals surface area contributed by atoms with Crippen LogP contribution in [-0.4, -0.2) is 33.6 Å². The van der Waals surface area contributed by atoms with E-state index in [1.54, 1.807) is 0 Å². The second-order valence-electron chi connectivity index (χ2n) is 4.24. The van der Waals surface area contributed by atoms with Crippen LogP contribution in [0.25, 0.3) is 0 Å². The predicted molar refractivity (Wildman–Crippen MR) is 55.7 cm³/mol. The number of aryl methyl sites for hydroxylation is 1. The van der Waals surface area contributed by atoms with Crippen molar-refractivity contribution in [2.75, 3.05) is 13.6 Å². The van der Waals surface area contributed by atoms with Gasteiger partial charge in [-0.25, -0.2) is 4.98 Å². The lowest BCUT2D eigenvalue weighted by molar-refractivity contribution is 0.211. The first kappa shape index (κ1) is 9.68. The highest BCUT2D eigenvalue weighted by atomic mass is 15.2. The van der Waals surface area contributed by atoms with Gasteiger partial charge in [0, 0.05) is 31.5 Å². The Hall–Kier alpha value is -0.870. The zero-order chi connectivity index (χ0) is 10.2. The minimum absolute atomic E-state index is 0.270. The van der Waals surface area contributed by atoms with E-state index in [0.717, 1.165) is 18.9 Å². The molecule has 2 N–H and O–H groups in total. The molecule has 0 amide bonds. The Morgan fingerprint density at radius 2 is 2.36 bits per heavy atom. The van der Waals surface area contributed by atoms with E-state index in [1.807, 2.05) is 19.4 Å². The molecule has 1 aromatic rings. The molecule has 0 aliphatic heterocycles. The van der Waals surface area contributed by atoms with Crippen molar-refractivity contribution < 1.29 is 0 Å². The maximum Gasteiger partial charge on any atom is 0.122 e. The smallest absolute Gasteiger partial charge is 0.122 e. The second-order valence-corrected chi connectivity index (χ2v) is 4.24. The number of likely N-dealkylation sites (N-methyl/N-ethyl adjacent to an activating group) is 1. The number of imidazole rings is 1. The molecule has 1 aromatic heterocycles. The third-order valence-corrected chi connectivity index (χ3v) is 3.32. The van der Waals surface area contributed by atoms with Gasteiger partial charge in [-0.15, -0.1) is 0 Å². The standard InChI is InChI=1S/C10H18N4/c1-13-6-5-12-9(13)7-14(2)10(8-11)3-4-10/h5-6H,3-4,7-8,11H2,1-2H3. The highest BCUT2D eigenvalue weighted by Crippen LogP contribution is 2.40. The first-order chi connectivity index (χ1) is 6.68. The molecule has 0 saturated heterocycles. The van der Waals surface area contributed by atoms with Gasteiger partial charge in [-0.3, -0.25) is 4.90 Å². The Morgan fingerprint density at radius 1 is 1.64 bits per heavy atom. The summed E-state index contributed by atoms with van der Waals surface area (Å²) >= 11 is 0. The zero-order valence-corrected chi connectivity index (χ0v) is 8.90. The first-order valence-electron chi connectivity index (χ1n) is 5.05. The molecule has 0 radical (unpaired) electrons. The number of hydrogen-bond acceptors (Lipinski definition) is 3. The van der Waals surface area contributed by atoms with Gasteiger partial charge in [-0.1, -0.05) is 0 Å². The molecule has 4 heteroatoms. The number of nitrogens with zero attached hydrogens (tertiary/aromatic N) is 3. The van der Waals surface area contributed by atoms with Gasteiger partial charge in [-0.05, 0) is 19.9 Å². The molecule has 0 bridgehead atoms. The van der Waals surface area contributed by atoms with Crippen LogP contribution in [-0.2, 0) is 13.6 Å². The minimum Gasteiger partial charge on any atom is -0.337 e.